The normalized spacial score (nSPS) is 12.2. The van der Waals surface area contributed by atoms with Gasteiger partial charge in [-0.05, 0) is 36.1 Å². The fourth-order valence-electron chi connectivity index (χ4n) is 1.99. The Morgan fingerprint density at radius 2 is 2.00 bits per heavy atom. The maximum Gasteiger partial charge on any atom is 0.132 e. The highest BCUT2D eigenvalue weighted by Crippen LogP contribution is 2.29. The van der Waals surface area contributed by atoms with E-state index in [-0.39, 0.29) is 0 Å². The predicted octanol–water partition coefficient (Wildman–Crippen LogP) is 4.41. The first-order valence-electron chi connectivity index (χ1n) is 6.74. The number of nitrogen functional groups attached to an aromatic ring is 1. The van der Waals surface area contributed by atoms with Crippen molar-refractivity contribution in [2.45, 2.75) is 32.8 Å². The van der Waals surface area contributed by atoms with Gasteiger partial charge in [0, 0.05) is 0 Å². The fraction of sp³-hybridized carbons (Fsp3) is 0.312. The minimum Gasteiger partial charge on any atom is -0.487 e. The van der Waals surface area contributed by atoms with Crippen LogP contribution in [0.15, 0.2) is 36.4 Å². The first-order chi connectivity index (χ1) is 9.61. The van der Waals surface area contributed by atoms with E-state index in [1.807, 2.05) is 18.2 Å². The number of halogens is 1. The Bertz CT molecular complexity index is 586. The molecule has 20 heavy (non-hydrogen) atoms. The van der Waals surface area contributed by atoms with Gasteiger partial charge in [-0.25, -0.2) is 4.98 Å². The monoisotopic (exact) mass is 290 g/mol. The van der Waals surface area contributed by atoms with Crippen molar-refractivity contribution in [2.75, 3.05) is 5.73 Å². The minimum atomic E-state index is 0.317. The third kappa shape index (κ3) is 3.42. The zero-order chi connectivity index (χ0) is 14.5. The molecule has 3 nitrogen and oxygen atoms in total. The standard InChI is InChI=1S/C16H19ClN2O/c1-3-11(2)12-6-4-5-7-15(12)20-10-14-13(17)8-9-16(18)19-14/h4-9,11H,3,10H2,1-2H3,(H2,18,19). The van der Waals surface area contributed by atoms with Crippen LogP contribution in [0.25, 0.3) is 0 Å². The average Bonchev–Trinajstić information content (AvgIpc) is 2.47. The van der Waals surface area contributed by atoms with Gasteiger partial charge in [-0.1, -0.05) is 43.6 Å². The summed E-state index contributed by atoms with van der Waals surface area (Å²) in [7, 11) is 0. The lowest BCUT2D eigenvalue weighted by Gasteiger charge is -2.15. The second-order valence-corrected chi connectivity index (χ2v) is 5.21. The smallest absolute Gasteiger partial charge is 0.132 e. The number of para-hydroxylation sites is 1. The lowest BCUT2D eigenvalue weighted by molar-refractivity contribution is 0.296. The zero-order valence-electron chi connectivity index (χ0n) is 11.8. The minimum absolute atomic E-state index is 0.317. The Labute approximate surface area is 124 Å². The maximum atomic E-state index is 6.09. The van der Waals surface area contributed by atoms with Gasteiger partial charge in [0.25, 0.3) is 0 Å². The third-order valence-electron chi connectivity index (χ3n) is 3.37. The highest BCUT2D eigenvalue weighted by molar-refractivity contribution is 6.31. The molecule has 0 fully saturated rings. The molecule has 1 atom stereocenters. The van der Waals surface area contributed by atoms with Crippen LogP contribution in [-0.4, -0.2) is 4.98 Å². The van der Waals surface area contributed by atoms with Crippen molar-refractivity contribution in [1.82, 2.24) is 4.98 Å². The average molecular weight is 291 g/mol. The highest BCUT2D eigenvalue weighted by Gasteiger charge is 2.11. The second-order valence-electron chi connectivity index (χ2n) is 4.80. The van der Waals surface area contributed by atoms with Crippen LogP contribution in [0.5, 0.6) is 5.75 Å². The van der Waals surface area contributed by atoms with Gasteiger partial charge in [0.05, 0.1) is 10.7 Å². The molecule has 106 valence electrons. The number of anilines is 1. The van der Waals surface area contributed by atoms with Crippen molar-refractivity contribution < 1.29 is 4.74 Å². The molecule has 1 unspecified atom stereocenters. The molecule has 0 radical (unpaired) electrons. The number of nitrogens with two attached hydrogens (primary N) is 1. The van der Waals surface area contributed by atoms with Crippen LogP contribution in [0.1, 0.15) is 37.4 Å². The number of rotatable bonds is 5. The van der Waals surface area contributed by atoms with Crippen molar-refractivity contribution in [3.05, 3.63) is 52.7 Å². The first-order valence-corrected chi connectivity index (χ1v) is 7.12. The summed E-state index contributed by atoms with van der Waals surface area (Å²) in [6.45, 7) is 4.67. The summed E-state index contributed by atoms with van der Waals surface area (Å²) in [5, 5.41) is 0.570. The van der Waals surface area contributed by atoms with E-state index in [2.05, 4.69) is 24.9 Å². The lowest BCUT2D eigenvalue weighted by atomic mass is 9.98. The van der Waals surface area contributed by atoms with E-state index >= 15 is 0 Å². The van der Waals surface area contributed by atoms with Crippen LogP contribution in [0.4, 0.5) is 5.82 Å². The van der Waals surface area contributed by atoms with E-state index in [1.165, 1.54) is 5.56 Å². The van der Waals surface area contributed by atoms with Crippen LogP contribution >= 0.6 is 11.6 Å². The molecule has 0 bridgehead atoms. The first kappa shape index (κ1) is 14.7. The number of hydrogen-bond acceptors (Lipinski definition) is 3. The number of nitrogens with zero attached hydrogens (tertiary/aromatic N) is 1. The summed E-state index contributed by atoms with van der Waals surface area (Å²) >= 11 is 6.09. The quantitative estimate of drug-likeness (QED) is 0.887. The molecule has 0 spiro atoms. The third-order valence-corrected chi connectivity index (χ3v) is 3.71. The second kappa shape index (κ2) is 6.62. The van der Waals surface area contributed by atoms with E-state index in [0.29, 0.717) is 29.1 Å². The van der Waals surface area contributed by atoms with E-state index < -0.39 is 0 Å². The number of pyridine rings is 1. The molecule has 2 N–H and O–H groups in total. The molecule has 2 rings (SSSR count). The van der Waals surface area contributed by atoms with Crippen LogP contribution in [0.2, 0.25) is 5.02 Å². The van der Waals surface area contributed by atoms with Gasteiger partial charge in [0.15, 0.2) is 0 Å². The van der Waals surface area contributed by atoms with Crippen molar-refractivity contribution in [3.8, 4) is 5.75 Å². The van der Waals surface area contributed by atoms with Crippen LogP contribution in [0.3, 0.4) is 0 Å². The zero-order valence-corrected chi connectivity index (χ0v) is 12.5. The van der Waals surface area contributed by atoms with Crippen LogP contribution in [-0.2, 0) is 6.61 Å². The molecule has 4 heteroatoms. The Kier molecular flexibility index (Phi) is 4.85. The number of ether oxygens (including phenoxy) is 1. The molecule has 0 aliphatic carbocycles. The molecule has 1 aromatic heterocycles. The van der Waals surface area contributed by atoms with Crippen LogP contribution in [0, 0.1) is 0 Å². The maximum absolute atomic E-state index is 6.09. The Morgan fingerprint density at radius 3 is 2.75 bits per heavy atom. The molecule has 1 heterocycles. The van der Waals surface area contributed by atoms with E-state index in [4.69, 9.17) is 22.1 Å². The molecule has 0 aliphatic heterocycles. The van der Waals surface area contributed by atoms with Gasteiger partial charge in [0.1, 0.15) is 18.2 Å². The summed E-state index contributed by atoms with van der Waals surface area (Å²) < 4.78 is 5.88. The predicted molar refractivity (Wildman–Crippen MR) is 83.1 cm³/mol. The van der Waals surface area contributed by atoms with Gasteiger partial charge in [-0.3, -0.25) is 0 Å². The Hall–Kier alpha value is -1.74. The highest BCUT2D eigenvalue weighted by atomic mass is 35.5. The Balaban J connectivity index is 2.17. The largest absolute Gasteiger partial charge is 0.487 e. The molecule has 1 aromatic carbocycles. The van der Waals surface area contributed by atoms with Gasteiger partial charge < -0.3 is 10.5 Å². The van der Waals surface area contributed by atoms with Crippen molar-refractivity contribution in [2.24, 2.45) is 0 Å². The molecule has 0 saturated heterocycles. The molecular formula is C16H19ClN2O. The van der Waals surface area contributed by atoms with E-state index in [1.54, 1.807) is 12.1 Å². The topological polar surface area (TPSA) is 48.1 Å². The van der Waals surface area contributed by atoms with Gasteiger partial charge in [0.2, 0.25) is 0 Å². The fourth-order valence-corrected chi connectivity index (χ4v) is 2.15. The molecular weight excluding hydrogens is 272 g/mol. The summed E-state index contributed by atoms with van der Waals surface area (Å²) in [4.78, 5) is 4.20. The summed E-state index contributed by atoms with van der Waals surface area (Å²) in [6, 6.07) is 11.5. The number of aromatic nitrogens is 1. The molecule has 0 saturated carbocycles. The van der Waals surface area contributed by atoms with Crippen molar-refractivity contribution >= 4 is 17.4 Å². The van der Waals surface area contributed by atoms with E-state index in [9.17, 15) is 0 Å². The Morgan fingerprint density at radius 1 is 1.25 bits per heavy atom. The van der Waals surface area contributed by atoms with E-state index in [0.717, 1.165) is 12.2 Å². The van der Waals surface area contributed by atoms with Crippen LogP contribution < -0.4 is 10.5 Å². The van der Waals surface area contributed by atoms with Gasteiger partial charge >= 0.3 is 0 Å². The molecule has 2 aromatic rings. The molecule has 0 aliphatic rings. The number of hydrogen-bond donors (Lipinski definition) is 1. The number of benzene rings is 1. The van der Waals surface area contributed by atoms with Crippen molar-refractivity contribution in [3.63, 3.8) is 0 Å². The van der Waals surface area contributed by atoms with Gasteiger partial charge in [-0.15, -0.1) is 0 Å². The summed E-state index contributed by atoms with van der Waals surface area (Å²) in [5.41, 5.74) is 7.53. The summed E-state index contributed by atoms with van der Waals surface area (Å²) in [5.74, 6) is 1.78. The SMILES string of the molecule is CCC(C)c1ccccc1OCc1nc(N)ccc1Cl. The lowest BCUT2D eigenvalue weighted by Crippen LogP contribution is -2.04. The molecule has 0 amide bonds. The summed E-state index contributed by atoms with van der Waals surface area (Å²) in [6.07, 6.45) is 1.07. The van der Waals surface area contributed by atoms with Crippen molar-refractivity contribution in [1.29, 1.82) is 0 Å². The van der Waals surface area contributed by atoms with Gasteiger partial charge in [-0.2, -0.15) is 0 Å².